The molecule has 8 heteroatoms. The van der Waals surface area contributed by atoms with Crippen LogP contribution in [0.3, 0.4) is 0 Å². The molecule has 1 unspecified atom stereocenters. The SMILES string of the molecule is C=C(O)C(c1ccccc1C1CCC1)N1CC[C@@H](OCCCCc2ccc3c(n2)CCCC3)C1.C=C(O)[C@@H](c1ccccc1C1CCC1)N1CC[C@@H](OCCCCc2ccc3c(n2)CCCC3)C1. The average molecular weight is 921 g/mol. The normalized spacial score (nSPS) is 21.7. The van der Waals surface area contributed by atoms with Gasteiger partial charge in [0.15, 0.2) is 0 Å². The number of ether oxygens (including phenoxy) is 2. The van der Waals surface area contributed by atoms with E-state index >= 15 is 0 Å². The number of benzene rings is 2. The minimum Gasteiger partial charge on any atom is -0.511 e. The van der Waals surface area contributed by atoms with Crippen LogP contribution >= 0.6 is 0 Å². The largest absolute Gasteiger partial charge is 0.511 e. The molecule has 8 nitrogen and oxygen atoms in total. The molecule has 0 bridgehead atoms. The van der Waals surface area contributed by atoms with Gasteiger partial charge in [0.2, 0.25) is 0 Å². The van der Waals surface area contributed by atoms with Crippen molar-refractivity contribution in [3.05, 3.63) is 154 Å². The summed E-state index contributed by atoms with van der Waals surface area (Å²) in [6.45, 7) is 13.1. The third-order valence-electron chi connectivity index (χ3n) is 16.2. The van der Waals surface area contributed by atoms with Crippen molar-refractivity contribution in [3.8, 4) is 0 Å². The molecule has 2 saturated carbocycles. The summed E-state index contributed by atoms with van der Waals surface area (Å²) in [7, 11) is 0. The maximum atomic E-state index is 10.6. The van der Waals surface area contributed by atoms with Gasteiger partial charge in [-0.3, -0.25) is 19.8 Å². The van der Waals surface area contributed by atoms with Gasteiger partial charge in [0.05, 0.1) is 24.3 Å². The van der Waals surface area contributed by atoms with E-state index in [1.807, 2.05) is 0 Å². The van der Waals surface area contributed by atoms with Crippen LogP contribution in [0.25, 0.3) is 0 Å². The van der Waals surface area contributed by atoms with E-state index in [2.05, 4.69) is 95.8 Å². The molecule has 4 fully saturated rings. The molecule has 10 rings (SSSR count). The van der Waals surface area contributed by atoms with Gasteiger partial charge < -0.3 is 19.7 Å². The van der Waals surface area contributed by atoms with Crippen LogP contribution in [0.1, 0.15) is 183 Å². The predicted molar refractivity (Wildman–Crippen MR) is 275 cm³/mol. The Morgan fingerprint density at radius 2 is 0.956 bits per heavy atom. The molecule has 4 heterocycles. The van der Waals surface area contributed by atoms with Crippen LogP contribution in [0.4, 0.5) is 0 Å². The summed E-state index contributed by atoms with van der Waals surface area (Å²) in [6.07, 6.45) is 26.5. The molecule has 2 aromatic carbocycles. The average Bonchev–Trinajstić information content (AvgIpc) is 3.99. The number of aromatic nitrogens is 2. The fraction of sp³-hybridized carbons (Fsp3) is 0.567. The molecular formula is C60H80N4O4. The minimum atomic E-state index is -0.125. The molecule has 0 radical (unpaired) electrons. The van der Waals surface area contributed by atoms with Crippen LogP contribution < -0.4 is 0 Å². The molecule has 2 saturated heterocycles. The summed E-state index contributed by atoms with van der Waals surface area (Å²) in [6, 6.07) is 26.1. The van der Waals surface area contributed by atoms with Crippen molar-refractivity contribution in [2.75, 3.05) is 39.4 Å². The smallest absolute Gasteiger partial charge is 0.107 e. The lowest BCUT2D eigenvalue weighted by molar-refractivity contribution is 0.0522. The Hall–Kier alpha value is -4.34. The number of likely N-dealkylation sites (tertiary alicyclic amines) is 2. The molecule has 0 spiro atoms. The lowest BCUT2D eigenvalue weighted by Crippen LogP contribution is -2.30. The number of rotatable bonds is 20. The molecule has 0 amide bonds. The van der Waals surface area contributed by atoms with E-state index in [-0.39, 0.29) is 35.8 Å². The fourth-order valence-corrected chi connectivity index (χ4v) is 12.0. The van der Waals surface area contributed by atoms with Gasteiger partial charge in [-0.05, 0) is 186 Å². The molecule has 2 aromatic heterocycles. The quantitative estimate of drug-likeness (QED) is 0.0669. The van der Waals surface area contributed by atoms with Crippen molar-refractivity contribution < 1.29 is 19.7 Å². The molecule has 6 aliphatic rings. The lowest BCUT2D eigenvalue weighted by atomic mass is 9.77. The number of hydrogen-bond acceptors (Lipinski definition) is 8. The molecule has 364 valence electrons. The third kappa shape index (κ3) is 12.3. The summed E-state index contributed by atoms with van der Waals surface area (Å²) in [4.78, 5) is 14.6. The number of unbranched alkanes of at least 4 members (excludes halogenated alkanes) is 2. The summed E-state index contributed by atoms with van der Waals surface area (Å²) < 4.78 is 12.5. The van der Waals surface area contributed by atoms with Crippen molar-refractivity contribution in [2.45, 2.75) is 177 Å². The van der Waals surface area contributed by atoms with E-state index in [1.165, 1.54) is 133 Å². The van der Waals surface area contributed by atoms with Crippen molar-refractivity contribution in [1.29, 1.82) is 0 Å². The van der Waals surface area contributed by atoms with Crippen molar-refractivity contribution in [3.63, 3.8) is 0 Å². The van der Waals surface area contributed by atoms with Crippen molar-refractivity contribution >= 4 is 0 Å². The summed E-state index contributed by atoms with van der Waals surface area (Å²) in [5, 5.41) is 21.1. The Bertz CT molecular complexity index is 2130. The molecule has 2 N–H and O–H groups in total. The number of aryl methyl sites for hydroxylation is 6. The van der Waals surface area contributed by atoms with Gasteiger partial charge in [-0.25, -0.2) is 0 Å². The van der Waals surface area contributed by atoms with E-state index in [0.717, 1.165) is 104 Å². The van der Waals surface area contributed by atoms with E-state index in [9.17, 15) is 10.2 Å². The van der Waals surface area contributed by atoms with Gasteiger partial charge in [0, 0.05) is 62.2 Å². The Morgan fingerprint density at radius 3 is 1.37 bits per heavy atom. The number of fused-ring (bicyclic) bond motifs is 2. The van der Waals surface area contributed by atoms with E-state index < -0.39 is 0 Å². The van der Waals surface area contributed by atoms with Gasteiger partial charge >= 0.3 is 0 Å². The first-order valence-electron chi connectivity index (χ1n) is 27.0. The summed E-state index contributed by atoms with van der Waals surface area (Å²) in [5.41, 5.74) is 13.3. The van der Waals surface area contributed by atoms with Gasteiger partial charge in [-0.1, -0.05) is 86.7 Å². The number of aliphatic hydroxyl groups is 2. The number of hydrogen-bond donors (Lipinski definition) is 2. The Kier molecular flexibility index (Phi) is 17.2. The second-order valence-electron chi connectivity index (χ2n) is 21.0. The predicted octanol–water partition coefficient (Wildman–Crippen LogP) is 12.9. The van der Waals surface area contributed by atoms with Gasteiger partial charge in [0.1, 0.15) is 11.5 Å². The minimum absolute atomic E-state index is 0.125. The van der Waals surface area contributed by atoms with Crippen molar-refractivity contribution in [2.24, 2.45) is 0 Å². The van der Waals surface area contributed by atoms with Crippen LogP contribution in [0, 0.1) is 0 Å². The summed E-state index contributed by atoms with van der Waals surface area (Å²) >= 11 is 0. The fourth-order valence-electron chi connectivity index (χ4n) is 12.0. The summed E-state index contributed by atoms with van der Waals surface area (Å²) in [5.74, 6) is 1.78. The van der Waals surface area contributed by atoms with Crippen LogP contribution in [-0.2, 0) is 48.0 Å². The van der Waals surface area contributed by atoms with Gasteiger partial charge in [-0.15, -0.1) is 0 Å². The second kappa shape index (κ2) is 24.0. The van der Waals surface area contributed by atoms with Crippen LogP contribution in [0.2, 0.25) is 0 Å². The second-order valence-corrected chi connectivity index (χ2v) is 21.0. The topological polar surface area (TPSA) is 91.2 Å². The molecule has 68 heavy (non-hydrogen) atoms. The highest BCUT2D eigenvalue weighted by Gasteiger charge is 2.36. The first-order chi connectivity index (χ1) is 33.4. The standard InChI is InChI=1S/2C30H40N2O2/c2*1-22(33)30(28-14-4-3-13-27(28)23-10-8-11-23)32-19-18-26(21-32)34-20-7-6-12-25-17-16-24-9-2-5-15-29(24)31-25/h2*3-4,13-14,16-17,23,26,30,33H,1-2,5-12,15,18-21H2/t26-,30?;26-,30+/m11/s1. The number of aliphatic hydroxyl groups excluding tert-OH is 2. The Balaban J connectivity index is 0.000000170. The van der Waals surface area contributed by atoms with E-state index in [0.29, 0.717) is 11.8 Å². The zero-order chi connectivity index (χ0) is 46.7. The highest BCUT2D eigenvalue weighted by atomic mass is 16.5. The van der Waals surface area contributed by atoms with Crippen LogP contribution in [-0.4, -0.2) is 81.6 Å². The Labute approximate surface area is 408 Å². The zero-order valence-corrected chi connectivity index (χ0v) is 41.1. The van der Waals surface area contributed by atoms with E-state index in [1.54, 1.807) is 0 Å². The monoisotopic (exact) mass is 921 g/mol. The molecule has 4 atom stereocenters. The van der Waals surface area contributed by atoms with Crippen LogP contribution in [0.5, 0.6) is 0 Å². The van der Waals surface area contributed by atoms with Gasteiger partial charge in [0.25, 0.3) is 0 Å². The number of nitrogens with zero attached hydrogens (tertiary/aromatic N) is 4. The molecular weight excluding hydrogens is 841 g/mol. The lowest BCUT2D eigenvalue weighted by Gasteiger charge is -2.33. The zero-order valence-electron chi connectivity index (χ0n) is 41.1. The maximum Gasteiger partial charge on any atom is 0.107 e. The van der Waals surface area contributed by atoms with Crippen molar-refractivity contribution in [1.82, 2.24) is 19.8 Å². The maximum absolute atomic E-state index is 10.6. The third-order valence-corrected chi connectivity index (χ3v) is 16.2. The van der Waals surface area contributed by atoms with Gasteiger partial charge in [-0.2, -0.15) is 0 Å². The highest BCUT2D eigenvalue weighted by Crippen LogP contribution is 2.44. The molecule has 4 aliphatic carbocycles. The first kappa shape index (κ1) is 48.7. The molecule has 2 aliphatic heterocycles. The Morgan fingerprint density at radius 1 is 0.529 bits per heavy atom. The highest BCUT2D eigenvalue weighted by molar-refractivity contribution is 5.39. The van der Waals surface area contributed by atoms with E-state index in [4.69, 9.17) is 19.4 Å². The first-order valence-corrected chi connectivity index (χ1v) is 27.0. The number of pyridine rings is 2. The van der Waals surface area contributed by atoms with Crippen LogP contribution in [0.15, 0.2) is 97.5 Å². The molecule has 4 aromatic rings.